The summed E-state index contributed by atoms with van der Waals surface area (Å²) in [7, 11) is 0. The van der Waals surface area contributed by atoms with Crippen LogP contribution in [0.1, 0.15) is 36.9 Å². The van der Waals surface area contributed by atoms with E-state index >= 15 is 0 Å². The normalized spacial score (nSPS) is 18.8. The van der Waals surface area contributed by atoms with Gasteiger partial charge in [-0.1, -0.05) is 18.2 Å². The first-order chi connectivity index (χ1) is 15.1. The van der Waals surface area contributed by atoms with Crippen molar-refractivity contribution in [3.8, 4) is 0 Å². The first-order valence-electron chi connectivity index (χ1n) is 11.4. The number of rotatable bonds is 6. The highest BCUT2D eigenvalue weighted by Gasteiger charge is 2.27. The molecule has 7 heteroatoms. The number of nitrogens with one attached hydrogen (secondary N) is 1. The second kappa shape index (κ2) is 10.2. The van der Waals surface area contributed by atoms with E-state index in [0.717, 1.165) is 75.6 Å². The van der Waals surface area contributed by atoms with Crippen molar-refractivity contribution < 1.29 is 9.18 Å². The van der Waals surface area contributed by atoms with Crippen LogP contribution in [0.2, 0.25) is 0 Å². The lowest BCUT2D eigenvalue weighted by Gasteiger charge is -2.33. The van der Waals surface area contributed by atoms with Gasteiger partial charge in [0.2, 0.25) is 11.9 Å². The van der Waals surface area contributed by atoms with Crippen LogP contribution in [0.3, 0.4) is 0 Å². The van der Waals surface area contributed by atoms with Gasteiger partial charge in [-0.15, -0.1) is 0 Å². The topological polar surface area (TPSA) is 61.4 Å². The van der Waals surface area contributed by atoms with Gasteiger partial charge in [-0.3, -0.25) is 9.69 Å². The minimum Gasteiger partial charge on any atom is -0.356 e. The fourth-order valence-corrected chi connectivity index (χ4v) is 4.54. The number of nitrogens with zero attached hydrogens (tertiary/aromatic N) is 4. The zero-order valence-electron chi connectivity index (χ0n) is 18.3. The van der Waals surface area contributed by atoms with E-state index in [1.54, 1.807) is 12.3 Å². The Kier molecular flexibility index (Phi) is 7.12. The highest BCUT2D eigenvalue weighted by molar-refractivity contribution is 5.78. The van der Waals surface area contributed by atoms with Crippen LogP contribution in [0.25, 0.3) is 0 Å². The molecule has 2 aliphatic heterocycles. The molecule has 2 saturated heterocycles. The van der Waals surface area contributed by atoms with E-state index in [9.17, 15) is 9.18 Å². The van der Waals surface area contributed by atoms with Gasteiger partial charge in [0.15, 0.2) is 0 Å². The molecular weight excluding hydrogens is 393 g/mol. The zero-order chi connectivity index (χ0) is 21.6. The Hall–Kier alpha value is -2.54. The second-order valence-electron chi connectivity index (χ2n) is 8.82. The summed E-state index contributed by atoms with van der Waals surface area (Å²) in [6.07, 6.45) is 5.54. The van der Waals surface area contributed by atoms with E-state index in [-0.39, 0.29) is 17.6 Å². The zero-order valence-corrected chi connectivity index (χ0v) is 18.3. The van der Waals surface area contributed by atoms with Crippen LogP contribution in [-0.2, 0) is 11.3 Å². The van der Waals surface area contributed by atoms with Crippen molar-refractivity contribution in [3.63, 3.8) is 0 Å². The molecule has 1 aromatic carbocycles. The molecule has 1 aromatic heterocycles. The van der Waals surface area contributed by atoms with Crippen molar-refractivity contribution in [2.24, 2.45) is 11.8 Å². The average Bonchev–Trinajstić information content (AvgIpc) is 2.80. The first kappa shape index (κ1) is 21.7. The summed E-state index contributed by atoms with van der Waals surface area (Å²) in [5.41, 5.74) is 1.72. The summed E-state index contributed by atoms with van der Waals surface area (Å²) in [5.74, 6) is 1.39. The number of anilines is 1. The molecule has 0 radical (unpaired) electrons. The summed E-state index contributed by atoms with van der Waals surface area (Å²) in [4.78, 5) is 26.0. The third-order valence-electron chi connectivity index (χ3n) is 6.55. The molecule has 6 nitrogen and oxygen atoms in total. The van der Waals surface area contributed by atoms with E-state index in [2.05, 4.69) is 25.1 Å². The van der Waals surface area contributed by atoms with Gasteiger partial charge in [0, 0.05) is 49.6 Å². The number of piperidine rings is 2. The Balaban J connectivity index is 1.16. The van der Waals surface area contributed by atoms with Crippen LogP contribution in [0.15, 0.2) is 36.5 Å². The maximum Gasteiger partial charge on any atom is 0.225 e. The molecule has 0 atom stereocenters. The van der Waals surface area contributed by atoms with Crippen molar-refractivity contribution in [2.45, 2.75) is 39.2 Å². The first-order valence-corrected chi connectivity index (χ1v) is 11.4. The number of benzene rings is 1. The van der Waals surface area contributed by atoms with E-state index in [1.165, 1.54) is 6.07 Å². The molecule has 166 valence electrons. The smallest absolute Gasteiger partial charge is 0.225 e. The van der Waals surface area contributed by atoms with Gasteiger partial charge in [-0.2, -0.15) is 0 Å². The van der Waals surface area contributed by atoms with Crippen LogP contribution < -0.4 is 10.2 Å². The number of likely N-dealkylation sites (tertiary alicyclic amines) is 1. The lowest BCUT2D eigenvalue weighted by molar-refractivity contribution is -0.125. The molecule has 2 aliphatic rings. The van der Waals surface area contributed by atoms with Crippen molar-refractivity contribution in [1.82, 2.24) is 20.2 Å². The molecule has 31 heavy (non-hydrogen) atoms. The van der Waals surface area contributed by atoms with Gasteiger partial charge < -0.3 is 10.2 Å². The number of carbonyl (C=O) groups excluding carboxylic acids is 1. The third kappa shape index (κ3) is 5.79. The fourth-order valence-electron chi connectivity index (χ4n) is 4.54. The second-order valence-corrected chi connectivity index (χ2v) is 8.82. The third-order valence-corrected chi connectivity index (χ3v) is 6.55. The van der Waals surface area contributed by atoms with E-state index in [1.807, 2.05) is 25.1 Å². The van der Waals surface area contributed by atoms with Crippen LogP contribution >= 0.6 is 0 Å². The average molecular weight is 426 g/mol. The highest BCUT2D eigenvalue weighted by atomic mass is 19.1. The van der Waals surface area contributed by atoms with Gasteiger partial charge >= 0.3 is 0 Å². The highest BCUT2D eigenvalue weighted by Crippen LogP contribution is 2.22. The summed E-state index contributed by atoms with van der Waals surface area (Å²) >= 11 is 0. The lowest BCUT2D eigenvalue weighted by Crippen LogP contribution is -2.43. The van der Waals surface area contributed by atoms with Crippen LogP contribution in [0.5, 0.6) is 0 Å². The number of hydrogen-bond acceptors (Lipinski definition) is 5. The maximum absolute atomic E-state index is 13.9. The van der Waals surface area contributed by atoms with Gasteiger partial charge in [-0.25, -0.2) is 14.4 Å². The van der Waals surface area contributed by atoms with Crippen molar-refractivity contribution in [3.05, 3.63) is 53.6 Å². The minimum atomic E-state index is -0.128. The van der Waals surface area contributed by atoms with Crippen LogP contribution in [0, 0.1) is 24.6 Å². The molecule has 0 spiro atoms. The minimum absolute atomic E-state index is 0.0715. The van der Waals surface area contributed by atoms with Gasteiger partial charge in [0.1, 0.15) is 5.82 Å². The summed E-state index contributed by atoms with van der Waals surface area (Å²) in [5, 5.41) is 3.19. The molecule has 3 heterocycles. The maximum atomic E-state index is 13.9. The quantitative estimate of drug-likeness (QED) is 0.770. The summed E-state index contributed by atoms with van der Waals surface area (Å²) in [6, 6.07) is 8.90. The standard InChI is InChI=1S/C24H32FN5O/c1-18-6-11-26-24(28-18)30-14-9-20(10-15-30)23(31)27-16-19-7-12-29(13-8-19)17-21-4-2-3-5-22(21)25/h2-6,11,19-20H,7-10,12-17H2,1H3,(H,27,31). The number of aryl methyl sites for hydroxylation is 1. The van der Waals surface area contributed by atoms with Gasteiger partial charge in [0.25, 0.3) is 0 Å². The Labute approximate surface area is 183 Å². The predicted molar refractivity (Wildman–Crippen MR) is 119 cm³/mol. The number of amides is 1. The molecule has 0 aliphatic carbocycles. The Morgan fingerprint density at radius 2 is 1.84 bits per heavy atom. The Morgan fingerprint density at radius 1 is 1.10 bits per heavy atom. The van der Waals surface area contributed by atoms with Gasteiger partial charge in [0.05, 0.1) is 0 Å². The van der Waals surface area contributed by atoms with Crippen molar-refractivity contribution >= 4 is 11.9 Å². The molecule has 1 amide bonds. The summed E-state index contributed by atoms with van der Waals surface area (Å²) < 4.78 is 13.9. The molecule has 1 N–H and O–H groups in total. The van der Waals surface area contributed by atoms with E-state index in [4.69, 9.17) is 0 Å². The van der Waals surface area contributed by atoms with E-state index in [0.29, 0.717) is 12.5 Å². The monoisotopic (exact) mass is 425 g/mol. The molecule has 0 unspecified atom stereocenters. The largest absolute Gasteiger partial charge is 0.356 e. The van der Waals surface area contributed by atoms with E-state index < -0.39 is 0 Å². The number of halogens is 1. The van der Waals surface area contributed by atoms with Gasteiger partial charge in [-0.05, 0) is 63.7 Å². The number of aromatic nitrogens is 2. The van der Waals surface area contributed by atoms with Crippen molar-refractivity contribution in [1.29, 1.82) is 0 Å². The fraction of sp³-hybridized carbons (Fsp3) is 0.542. The predicted octanol–water partition coefficient (Wildman–Crippen LogP) is 3.17. The lowest BCUT2D eigenvalue weighted by atomic mass is 9.94. The van der Waals surface area contributed by atoms with Crippen molar-refractivity contribution in [2.75, 3.05) is 37.6 Å². The molecule has 2 aromatic rings. The van der Waals surface area contributed by atoms with Crippen LogP contribution in [-0.4, -0.2) is 53.5 Å². The number of carbonyl (C=O) groups is 1. The molecule has 0 saturated carbocycles. The SMILES string of the molecule is Cc1ccnc(N2CCC(C(=O)NCC3CCN(Cc4ccccc4F)CC3)CC2)n1. The Morgan fingerprint density at radius 3 is 2.55 bits per heavy atom. The number of hydrogen-bond donors (Lipinski definition) is 1. The summed E-state index contributed by atoms with van der Waals surface area (Å²) in [6.45, 7) is 6.90. The molecule has 4 rings (SSSR count). The Bertz CT molecular complexity index is 876. The van der Waals surface area contributed by atoms with Crippen LogP contribution in [0.4, 0.5) is 10.3 Å². The molecule has 0 bridgehead atoms. The molecule has 2 fully saturated rings. The molecular formula is C24H32FN5O.